The molecule has 1 amide bonds. The number of hydrogen-bond acceptors (Lipinski definition) is 8. The van der Waals surface area contributed by atoms with Gasteiger partial charge in [0.2, 0.25) is 0 Å². The third-order valence-corrected chi connectivity index (χ3v) is 9.70. The highest BCUT2D eigenvalue weighted by atomic mass is 32.2. The predicted octanol–water partition coefficient (Wildman–Crippen LogP) is 4.73. The van der Waals surface area contributed by atoms with Crippen LogP contribution in [0.25, 0.3) is 11.7 Å². The summed E-state index contributed by atoms with van der Waals surface area (Å²) in [5.74, 6) is 1.05. The summed E-state index contributed by atoms with van der Waals surface area (Å²) in [6.07, 6.45) is 6.02. The molecule has 3 aliphatic rings. The zero-order chi connectivity index (χ0) is 29.4. The molecule has 3 fully saturated rings. The molecule has 3 saturated heterocycles. The molecule has 0 bridgehead atoms. The van der Waals surface area contributed by atoms with Gasteiger partial charge in [0.25, 0.3) is 11.5 Å². The summed E-state index contributed by atoms with van der Waals surface area (Å²) in [6.45, 7) is 11.3. The third kappa shape index (κ3) is 6.04. The van der Waals surface area contributed by atoms with Crippen molar-refractivity contribution in [3.63, 3.8) is 0 Å². The number of aromatic nitrogens is 2. The number of pyridine rings is 1. The van der Waals surface area contributed by atoms with Gasteiger partial charge in [-0.15, -0.1) is 0 Å². The number of carbonyl (C=O) groups excluding carboxylic acids is 1. The molecule has 0 saturated carbocycles. The highest BCUT2D eigenvalue weighted by Gasteiger charge is 2.34. The van der Waals surface area contributed by atoms with Gasteiger partial charge in [0.15, 0.2) is 0 Å². The number of fused-ring (bicyclic) bond motifs is 1. The molecule has 5 heterocycles. The molecule has 0 N–H and O–H groups in total. The van der Waals surface area contributed by atoms with Crippen molar-refractivity contribution >= 4 is 51.7 Å². The minimum Gasteiger partial charge on any atom is -0.373 e. The first kappa shape index (κ1) is 29.0. The lowest BCUT2D eigenvalue weighted by Crippen LogP contribution is -2.48. The Hall–Kier alpha value is -3.05. The minimum atomic E-state index is -0.179. The summed E-state index contributed by atoms with van der Waals surface area (Å²) in [6, 6.07) is 13.6. The van der Waals surface area contributed by atoms with E-state index in [0.717, 1.165) is 56.7 Å². The van der Waals surface area contributed by atoms with Crippen LogP contribution in [0.3, 0.4) is 0 Å². The van der Waals surface area contributed by atoms with Crippen LogP contribution >= 0.6 is 24.0 Å². The summed E-state index contributed by atoms with van der Waals surface area (Å²) in [4.78, 5) is 39.3. The van der Waals surface area contributed by atoms with E-state index in [1.807, 2.05) is 49.4 Å². The van der Waals surface area contributed by atoms with Crippen molar-refractivity contribution in [1.82, 2.24) is 19.2 Å². The van der Waals surface area contributed by atoms with Gasteiger partial charge in [0, 0.05) is 38.9 Å². The van der Waals surface area contributed by atoms with Crippen LogP contribution in [-0.4, -0.2) is 74.3 Å². The van der Waals surface area contributed by atoms with Crippen LogP contribution < -0.4 is 10.5 Å². The van der Waals surface area contributed by atoms with Crippen LogP contribution in [0.5, 0.6) is 0 Å². The normalized spacial score (nSPS) is 23.5. The molecule has 0 spiro atoms. The summed E-state index contributed by atoms with van der Waals surface area (Å²) in [5, 5.41) is 0. The molecule has 3 aromatic rings. The second-order valence-electron chi connectivity index (χ2n) is 11.7. The fraction of sp³-hybridized carbons (Fsp3) is 0.438. The second-order valence-corrected chi connectivity index (χ2v) is 13.4. The molecule has 2 atom stereocenters. The van der Waals surface area contributed by atoms with Gasteiger partial charge < -0.3 is 9.64 Å². The summed E-state index contributed by atoms with van der Waals surface area (Å²) in [5.41, 5.74) is 2.84. The standard InChI is InChI=1S/C32H37N5O3S2/c1-21-8-7-13-36-28(21)33-29(35-14-11-25(12-15-35)19-34-17-22(2)40-23(3)18-34)26(30(36)38)16-27-31(39)37(32(41)42-27)20-24-9-5-4-6-10-24/h4-10,13,16,22-23,25H,11-12,14-15,17-20H2,1-3H3/b27-16+. The number of piperidine rings is 1. The van der Waals surface area contributed by atoms with Gasteiger partial charge in [0.1, 0.15) is 15.8 Å². The molecule has 1 aromatic carbocycles. The van der Waals surface area contributed by atoms with E-state index in [1.54, 1.807) is 21.6 Å². The van der Waals surface area contributed by atoms with Gasteiger partial charge in [-0.1, -0.05) is 60.4 Å². The lowest BCUT2D eigenvalue weighted by molar-refractivity contribution is -0.122. The molecule has 6 rings (SSSR count). The van der Waals surface area contributed by atoms with E-state index in [2.05, 4.69) is 23.6 Å². The Kier molecular flexibility index (Phi) is 8.49. The second kappa shape index (κ2) is 12.3. The van der Waals surface area contributed by atoms with Gasteiger partial charge in [0.05, 0.1) is 29.2 Å². The van der Waals surface area contributed by atoms with Crippen LogP contribution in [-0.2, 0) is 16.1 Å². The van der Waals surface area contributed by atoms with Crippen LogP contribution in [0.1, 0.15) is 43.4 Å². The first-order valence-electron chi connectivity index (χ1n) is 14.7. The first-order valence-corrected chi connectivity index (χ1v) is 15.9. The number of nitrogens with zero attached hydrogens (tertiary/aromatic N) is 5. The van der Waals surface area contributed by atoms with Crippen molar-refractivity contribution in [1.29, 1.82) is 0 Å². The molecule has 2 aromatic heterocycles. The summed E-state index contributed by atoms with van der Waals surface area (Å²) < 4.78 is 8.00. The van der Waals surface area contributed by atoms with Gasteiger partial charge in [-0.05, 0) is 62.8 Å². The topological polar surface area (TPSA) is 70.4 Å². The summed E-state index contributed by atoms with van der Waals surface area (Å²) >= 11 is 6.84. The monoisotopic (exact) mass is 603 g/mol. The van der Waals surface area contributed by atoms with E-state index in [1.165, 1.54) is 11.8 Å². The van der Waals surface area contributed by atoms with Crippen LogP contribution in [0.4, 0.5) is 5.82 Å². The molecule has 220 valence electrons. The van der Waals surface area contributed by atoms with Crippen molar-refractivity contribution in [2.75, 3.05) is 37.6 Å². The maximum Gasteiger partial charge on any atom is 0.267 e. The van der Waals surface area contributed by atoms with E-state index in [-0.39, 0.29) is 23.7 Å². The zero-order valence-electron chi connectivity index (χ0n) is 24.4. The summed E-state index contributed by atoms with van der Waals surface area (Å²) in [7, 11) is 0. The Bertz CT molecular complexity index is 1570. The Morgan fingerprint density at radius 3 is 2.48 bits per heavy atom. The molecule has 8 nitrogen and oxygen atoms in total. The van der Waals surface area contributed by atoms with Crippen LogP contribution in [0.15, 0.2) is 58.4 Å². The molecule has 42 heavy (non-hydrogen) atoms. The quantitative estimate of drug-likeness (QED) is 0.296. The van der Waals surface area contributed by atoms with Gasteiger partial charge in [-0.2, -0.15) is 0 Å². The lowest BCUT2D eigenvalue weighted by atomic mass is 9.95. The number of thioether (sulfide) groups is 1. The Labute approximate surface area is 256 Å². The fourth-order valence-corrected chi connectivity index (χ4v) is 7.56. The van der Waals surface area contributed by atoms with Crippen molar-refractivity contribution in [3.8, 4) is 0 Å². The number of amides is 1. The number of rotatable bonds is 6. The minimum absolute atomic E-state index is 0.176. The van der Waals surface area contributed by atoms with Gasteiger partial charge >= 0.3 is 0 Å². The number of benzene rings is 1. The number of aryl methyl sites for hydroxylation is 1. The van der Waals surface area contributed by atoms with E-state index in [0.29, 0.717) is 38.7 Å². The van der Waals surface area contributed by atoms with E-state index in [4.69, 9.17) is 21.9 Å². The number of carbonyl (C=O) groups is 1. The Balaban J connectivity index is 1.28. The van der Waals surface area contributed by atoms with Crippen molar-refractivity contribution in [3.05, 3.63) is 80.6 Å². The highest BCUT2D eigenvalue weighted by Crippen LogP contribution is 2.35. The van der Waals surface area contributed by atoms with Crippen molar-refractivity contribution in [2.24, 2.45) is 5.92 Å². The van der Waals surface area contributed by atoms with Gasteiger partial charge in [-0.25, -0.2) is 4.98 Å². The number of hydrogen-bond donors (Lipinski definition) is 0. The maximum absolute atomic E-state index is 13.9. The Morgan fingerprint density at radius 1 is 1.05 bits per heavy atom. The first-order chi connectivity index (χ1) is 20.3. The molecular formula is C32H37N5O3S2. The average Bonchev–Trinajstić information content (AvgIpc) is 3.22. The van der Waals surface area contributed by atoms with Crippen molar-refractivity contribution in [2.45, 2.75) is 52.4 Å². The van der Waals surface area contributed by atoms with E-state index in [9.17, 15) is 9.59 Å². The molecule has 3 aliphatic heterocycles. The molecule has 0 aliphatic carbocycles. The smallest absolute Gasteiger partial charge is 0.267 e. The highest BCUT2D eigenvalue weighted by molar-refractivity contribution is 8.26. The van der Waals surface area contributed by atoms with Crippen LogP contribution in [0, 0.1) is 12.8 Å². The number of morpholine rings is 1. The lowest BCUT2D eigenvalue weighted by Gasteiger charge is -2.40. The molecular weight excluding hydrogens is 567 g/mol. The van der Waals surface area contributed by atoms with E-state index >= 15 is 0 Å². The number of ether oxygens (including phenoxy) is 1. The van der Waals surface area contributed by atoms with Crippen LogP contribution in [0.2, 0.25) is 0 Å². The zero-order valence-corrected chi connectivity index (χ0v) is 26.0. The van der Waals surface area contributed by atoms with E-state index < -0.39 is 0 Å². The maximum atomic E-state index is 13.9. The fourth-order valence-electron chi connectivity index (χ4n) is 6.33. The van der Waals surface area contributed by atoms with Crippen molar-refractivity contribution < 1.29 is 9.53 Å². The number of anilines is 1. The number of thiocarbonyl (C=S) groups is 1. The third-order valence-electron chi connectivity index (χ3n) is 8.32. The molecule has 0 radical (unpaired) electrons. The Morgan fingerprint density at radius 2 is 1.76 bits per heavy atom. The predicted molar refractivity (Wildman–Crippen MR) is 173 cm³/mol. The largest absolute Gasteiger partial charge is 0.373 e. The molecule has 10 heteroatoms. The SMILES string of the molecule is Cc1cccn2c(=O)c(/C=C3/SC(=S)N(Cc4ccccc4)C3=O)c(N3CCC(CN4CC(C)OC(C)C4)CC3)nc12. The molecule has 2 unspecified atom stereocenters. The average molecular weight is 604 g/mol. The van der Waals surface area contributed by atoms with Gasteiger partial charge in [-0.3, -0.25) is 23.8 Å².